The maximum Gasteiger partial charge on any atom is 0.0747 e. The molecule has 0 bridgehead atoms. The molecule has 0 aliphatic rings. The summed E-state index contributed by atoms with van der Waals surface area (Å²) in [4.78, 5) is 0. The van der Waals surface area contributed by atoms with Crippen molar-refractivity contribution in [1.82, 2.24) is 0 Å². The van der Waals surface area contributed by atoms with E-state index in [1.54, 1.807) is 0 Å². The Labute approximate surface area is 35.3 Å². The first kappa shape index (κ1) is 5.00. The lowest BCUT2D eigenvalue weighted by molar-refractivity contribution is 2.51. The van der Waals surface area contributed by atoms with E-state index in [2.05, 4.69) is 6.66 Å². The molecule has 0 aromatic carbocycles. The Hall–Kier alpha value is 0.997. The molecule has 0 amide bonds. The third kappa shape index (κ3) is 3.00. The summed E-state index contributed by atoms with van der Waals surface area (Å²) in [6.45, 7) is 2.21. The maximum absolute atomic E-state index is 2.21. The lowest BCUT2D eigenvalue weighted by Gasteiger charge is -1.70. The van der Waals surface area contributed by atoms with Gasteiger partial charge in [0.05, 0.1) is 9.39 Å². The van der Waals surface area contributed by atoms with Gasteiger partial charge in [-0.1, -0.05) is 7.78 Å². The van der Waals surface area contributed by atoms with Gasteiger partial charge in [-0.2, -0.15) is 10.8 Å². The minimum Gasteiger partial charge on any atom is -0.174 e. The van der Waals surface area contributed by atoms with Gasteiger partial charge in [-0.05, 0) is 6.66 Å². The Morgan fingerprint density at radius 3 is 2.25 bits per heavy atom. The second-order valence-corrected chi connectivity index (χ2v) is 7.35. The summed E-state index contributed by atoms with van der Waals surface area (Å²) in [5.41, 5.74) is 0. The molecule has 0 heterocycles. The highest BCUT2D eigenvalue weighted by molar-refractivity contribution is 8.60. The average Bonchev–Trinajstić information content (AvgIpc) is 1.37. The number of hydrogen-bond acceptors (Lipinski definition) is 1. The molecule has 1 atom stereocenters. The van der Waals surface area contributed by atoms with Crippen molar-refractivity contribution in [2.75, 3.05) is 6.66 Å². The SMILES string of the molecule is CPS[SiH3]. The molecule has 0 fully saturated rings. The van der Waals surface area contributed by atoms with Gasteiger partial charge < -0.3 is 0 Å². The molecule has 4 heavy (non-hydrogen) atoms. The van der Waals surface area contributed by atoms with Crippen LogP contribution in [0, 0.1) is 0 Å². The van der Waals surface area contributed by atoms with Crippen molar-refractivity contribution in [3.8, 4) is 0 Å². The fourth-order valence-corrected chi connectivity index (χ4v) is 0. The molecule has 0 spiro atoms. The first-order valence-corrected chi connectivity index (χ1v) is 7.01. The van der Waals surface area contributed by atoms with Crippen molar-refractivity contribution in [2.24, 2.45) is 0 Å². The van der Waals surface area contributed by atoms with E-state index in [-0.39, 0.29) is 0 Å². The molecule has 0 radical (unpaired) electrons. The fourth-order valence-electron chi connectivity index (χ4n) is 0. The largest absolute Gasteiger partial charge is 0.174 e. The van der Waals surface area contributed by atoms with Gasteiger partial charge in [0.15, 0.2) is 0 Å². The van der Waals surface area contributed by atoms with Crippen LogP contribution < -0.4 is 0 Å². The molecule has 0 aromatic rings. The van der Waals surface area contributed by atoms with Crippen molar-refractivity contribution in [3.05, 3.63) is 0 Å². The van der Waals surface area contributed by atoms with Gasteiger partial charge in [-0.15, -0.1) is 0 Å². The molecular formula is CH7PSSi. The molecule has 3 heteroatoms. The molecule has 0 nitrogen and oxygen atoms in total. The van der Waals surface area contributed by atoms with E-state index in [9.17, 15) is 0 Å². The van der Waals surface area contributed by atoms with Crippen molar-refractivity contribution < 1.29 is 0 Å². The zero-order chi connectivity index (χ0) is 3.41. The van der Waals surface area contributed by atoms with Gasteiger partial charge in [0, 0.05) is 0 Å². The van der Waals surface area contributed by atoms with Crippen molar-refractivity contribution in [2.45, 2.75) is 0 Å². The van der Waals surface area contributed by atoms with E-state index >= 15 is 0 Å². The average molecular weight is 110 g/mol. The summed E-state index contributed by atoms with van der Waals surface area (Å²) < 4.78 is 0. The monoisotopic (exact) mass is 110 g/mol. The Bertz CT molecular complexity index is 10.0. The van der Waals surface area contributed by atoms with Gasteiger partial charge >= 0.3 is 0 Å². The summed E-state index contributed by atoms with van der Waals surface area (Å²) in [7, 11) is 4.46. The van der Waals surface area contributed by atoms with Crippen LogP contribution in [-0.2, 0) is 0 Å². The number of rotatable bonds is 1. The van der Waals surface area contributed by atoms with Crippen molar-refractivity contribution >= 4 is 28.0 Å². The lowest BCUT2D eigenvalue weighted by atomic mass is 12.0. The van der Waals surface area contributed by atoms with Crippen LogP contribution in [0.1, 0.15) is 0 Å². The summed E-state index contributed by atoms with van der Waals surface area (Å²) >= 11 is 0. The molecule has 0 saturated heterocycles. The molecule has 0 aliphatic carbocycles. The van der Waals surface area contributed by atoms with Gasteiger partial charge in [0.1, 0.15) is 0 Å². The smallest absolute Gasteiger partial charge is 0.0747 e. The van der Waals surface area contributed by atoms with Gasteiger partial charge in [-0.25, -0.2) is 0 Å². The Balaban J connectivity index is 1.97. The summed E-state index contributed by atoms with van der Waals surface area (Å²) in [6.07, 6.45) is 0. The van der Waals surface area contributed by atoms with E-state index in [1.165, 1.54) is 9.39 Å². The van der Waals surface area contributed by atoms with E-state index < -0.39 is 0 Å². The van der Waals surface area contributed by atoms with Crippen LogP contribution in [-0.4, -0.2) is 16.1 Å². The van der Waals surface area contributed by atoms with Crippen LogP contribution in [0.5, 0.6) is 0 Å². The predicted molar refractivity (Wildman–Crippen MR) is 31.8 cm³/mol. The Kier molecular flexibility index (Phi) is 4.99. The van der Waals surface area contributed by atoms with E-state index in [1.807, 2.05) is 10.8 Å². The zero-order valence-corrected chi connectivity index (χ0v) is 6.72. The first-order chi connectivity index (χ1) is 1.91. The standard InChI is InChI=1S/CH7PSSi/c1-2-3-4/h2H,1,4H3. The van der Waals surface area contributed by atoms with E-state index in [4.69, 9.17) is 0 Å². The molecule has 0 N–H and O–H groups in total. The van der Waals surface area contributed by atoms with Crippen LogP contribution in [0.4, 0.5) is 0 Å². The molecule has 1 unspecified atom stereocenters. The molecular weight excluding hydrogens is 103 g/mol. The fraction of sp³-hybridized carbons (Fsp3) is 1.00. The molecule has 0 rings (SSSR count). The van der Waals surface area contributed by atoms with E-state index in [0.717, 1.165) is 7.78 Å². The highest BCUT2D eigenvalue weighted by atomic mass is 32.8. The van der Waals surface area contributed by atoms with Crippen LogP contribution in [0.25, 0.3) is 0 Å². The summed E-state index contributed by atoms with van der Waals surface area (Å²) in [5, 5.41) is 0. The predicted octanol–water partition coefficient (Wildman–Crippen LogP) is 0.223. The highest BCUT2D eigenvalue weighted by Crippen LogP contribution is 2.17. The highest BCUT2D eigenvalue weighted by Gasteiger charge is 1.54. The van der Waals surface area contributed by atoms with Crippen molar-refractivity contribution in [3.63, 3.8) is 0 Å². The normalized spacial score (nSPS) is 11.2. The second-order valence-electron chi connectivity index (χ2n) is 0.408. The Morgan fingerprint density at radius 1 is 2.00 bits per heavy atom. The second kappa shape index (κ2) is 4.00. The molecule has 0 aromatic heterocycles. The summed E-state index contributed by atoms with van der Waals surface area (Å²) in [6, 6.07) is 0. The third-order valence-electron chi connectivity index (χ3n) is 0.204. The molecule has 26 valence electrons. The topological polar surface area (TPSA) is 0 Å². The van der Waals surface area contributed by atoms with Gasteiger partial charge in [0.25, 0.3) is 0 Å². The summed E-state index contributed by atoms with van der Waals surface area (Å²) in [5.74, 6) is 0. The third-order valence-corrected chi connectivity index (χ3v) is 5.51. The first-order valence-electron chi connectivity index (χ1n) is 1.11. The van der Waals surface area contributed by atoms with Gasteiger partial charge in [-0.3, -0.25) is 0 Å². The minimum absolute atomic E-state index is 1.12. The molecule has 0 aliphatic heterocycles. The lowest BCUT2D eigenvalue weighted by Crippen LogP contribution is -1.28. The van der Waals surface area contributed by atoms with Crippen LogP contribution in [0.2, 0.25) is 0 Å². The van der Waals surface area contributed by atoms with Crippen molar-refractivity contribution in [1.29, 1.82) is 0 Å². The van der Waals surface area contributed by atoms with Crippen LogP contribution in [0.15, 0.2) is 0 Å². The van der Waals surface area contributed by atoms with Crippen LogP contribution in [0.3, 0.4) is 0 Å². The maximum atomic E-state index is 2.21. The Morgan fingerprint density at radius 2 is 2.25 bits per heavy atom. The molecule has 0 saturated carbocycles. The van der Waals surface area contributed by atoms with E-state index in [0.29, 0.717) is 0 Å². The minimum atomic E-state index is 1.12. The number of hydrogen-bond donors (Lipinski definition) is 0. The van der Waals surface area contributed by atoms with Gasteiger partial charge in [0.2, 0.25) is 0 Å². The zero-order valence-electron chi connectivity index (χ0n) is 2.91. The quantitative estimate of drug-likeness (QED) is 0.344. The van der Waals surface area contributed by atoms with Crippen LogP contribution >= 0.6 is 18.6 Å².